The highest BCUT2D eigenvalue weighted by molar-refractivity contribution is 6.31. The molecule has 2 heterocycles. The molecule has 1 aromatic heterocycles. The molecular weight excluding hydrogens is 338 g/mol. The summed E-state index contributed by atoms with van der Waals surface area (Å²) in [6, 6.07) is 10.1. The number of carbonyl (C=O) groups is 2. The Kier molecular flexibility index (Phi) is 5.34. The van der Waals surface area contributed by atoms with Crippen molar-refractivity contribution in [2.45, 2.75) is 19.8 Å². The Morgan fingerprint density at radius 1 is 1.28 bits per heavy atom. The van der Waals surface area contributed by atoms with E-state index >= 15 is 0 Å². The topological polar surface area (TPSA) is 62.3 Å². The van der Waals surface area contributed by atoms with Gasteiger partial charge in [0.15, 0.2) is 0 Å². The van der Waals surface area contributed by atoms with Gasteiger partial charge in [0, 0.05) is 35.6 Å². The predicted octanol–water partition coefficient (Wildman–Crippen LogP) is 3.86. The number of hydrogen-bond acceptors (Lipinski definition) is 3. The predicted molar refractivity (Wildman–Crippen MR) is 97.9 cm³/mol. The number of benzene rings is 1. The molecule has 1 aromatic carbocycles. The molecule has 130 valence electrons. The van der Waals surface area contributed by atoms with Crippen molar-refractivity contribution < 1.29 is 9.59 Å². The largest absolute Gasteiger partial charge is 0.337 e. The van der Waals surface area contributed by atoms with E-state index < -0.39 is 0 Å². The zero-order valence-electron chi connectivity index (χ0n) is 14.0. The van der Waals surface area contributed by atoms with E-state index in [1.54, 1.807) is 36.4 Å². The molecular formula is C19H20ClN3O2. The maximum absolute atomic E-state index is 12.6. The molecule has 25 heavy (non-hydrogen) atoms. The number of hydrogen-bond donors (Lipinski definition) is 1. The molecule has 3 rings (SSSR count). The van der Waals surface area contributed by atoms with Crippen LogP contribution in [-0.2, 0) is 0 Å². The van der Waals surface area contributed by atoms with Crippen LogP contribution in [0.4, 0.5) is 5.69 Å². The van der Waals surface area contributed by atoms with E-state index in [1.807, 2.05) is 4.90 Å². The van der Waals surface area contributed by atoms with Gasteiger partial charge in [0.1, 0.15) is 5.69 Å². The van der Waals surface area contributed by atoms with Crippen LogP contribution in [0.3, 0.4) is 0 Å². The van der Waals surface area contributed by atoms with Crippen molar-refractivity contribution in [1.82, 2.24) is 9.88 Å². The second-order valence-corrected chi connectivity index (χ2v) is 6.83. The number of pyridine rings is 1. The van der Waals surface area contributed by atoms with Gasteiger partial charge in [0.25, 0.3) is 11.8 Å². The van der Waals surface area contributed by atoms with Gasteiger partial charge in [-0.3, -0.25) is 14.6 Å². The summed E-state index contributed by atoms with van der Waals surface area (Å²) in [4.78, 5) is 31.0. The Balaban J connectivity index is 1.74. The molecule has 6 heteroatoms. The third-order valence-corrected chi connectivity index (χ3v) is 4.50. The highest BCUT2D eigenvalue weighted by Gasteiger charge is 2.23. The van der Waals surface area contributed by atoms with Crippen molar-refractivity contribution in [2.24, 2.45) is 5.92 Å². The zero-order valence-corrected chi connectivity index (χ0v) is 14.8. The van der Waals surface area contributed by atoms with Gasteiger partial charge in [-0.15, -0.1) is 0 Å². The van der Waals surface area contributed by atoms with E-state index in [0.717, 1.165) is 25.9 Å². The van der Waals surface area contributed by atoms with E-state index in [2.05, 4.69) is 17.2 Å². The number of anilines is 1. The SMILES string of the molecule is CC1CCCN(C(=O)c2cc(C(=O)Nc3cccc(Cl)c3)ccn2)C1. The normalized spacial score (nSPS) is 17.2. The number of piperidine rings is 1. The average molecular weight is 358 g/mol. The quantitative estimate of drug-likeness (QED) is 0.907. The Labute approximate surface area is 152 Å². The molecule has 2 amide bonds. The molecule has 5 nitrogen and oxygen atoms in total. The number of carbonyl (C=O) groups excluding carboxylic acids is 2. The molecule has 1 aliphatic heterocycles. The summed E-state index contributed by atoms with van der Waals surface area (Å²) >= 11 is 5.93. The minimum atomic E-state index is -0.300. The first-order valence-electron chi connectivity index (χ1n) is 8.35. The van der Waals surface area contributed by atoms with Crippen LogP contribution < -0.4 is 5.32 Å². The van der Waals surface area contributed by atoms with Crippen LogP contribution in [0.2, 0.25) is 5.02 Å². The van der Waals surface area contributed by atoms with Gasteiger partial charge < -0.3 is 10.2 Å². The van der Waals surface area contributed by atoms with Gasteiger partial charge in [-0.1, -0.05) is 24.6 Å². The Bertz CT molecular complexity index is 794. The minimum Gasteiger partial charge on any atom is -0.337 e. The summed E-state index contributed by atoms with van der Waals surface area (Å²) < 4.78 is 0. The zero-order chi connectivity index (χ0) is 17.8. The highest BCUT2D eigenvalue weighted by atomic mass is 35.5. The smallest absolute Gasteiger partial charge is 0.272 e. The third-order valence-electron chi connectivity index (χ3n) is 4.27. The lowest BCUT2D eigenvalue weighted by molar-refractivity contribution is 0.0677. The summed E-state index contributed by atoms with van der Waals surface area (Å²) in [5.41, 5.74) is 1.29. The first kappa shape index (κ1) is 17.4. The molecule has 1 saturated heterocycles. The lowest BCUT2D eigenvalue weighted by Gasteiger charge is -2.30. The van der Waals surface area contributed by atoms with Crippen molar-refractivity contribution in [3.8, 4) is 0 Å². The Morgan fingerprint density at radius 2 is 2.12 bits per heavy atom. The monoisotopic (exact) mass is 357 g/mol. The van der Waals surface area contributed by atoms with Crippen LogP contribution in [0.15, 0.2) is 42.6 Å². The molecule has 0 radical (unpaired) electrons. The molecule has 1 N–H and O–H groups in total. The van der Waals surface area contributed by atoms with Crippen LogP contribution in [0.1, 0.15) is 40.6 Å². The number of nitrogens with zero attached hydrogens (tertiary/aromatic N) is 2. The van der Waals surface area contributed by atoms with Gasteiger partial charge in [0.2, 0.25) is 0 Å². The van der Waals surface area contributed by atoms with Crippen LogP contribution in [0.5, 0.6) is 0 Å². The maximum atomic E-state index is 12.6. The lowest BCUT2D eigenvalue weighted by Crippen LogP contribution is -2.39. The second-order valence-electron chi connectivity index (χ2n) is 6.39. The van der Waals surface area contributed by atoms with Crippen LogP contribution in [0.25, 0.3) is 0 Å². The van der Waals surface area contributed by atoms with E-state index in [9.17, 15) is 9.59 Å². The molecule has 1 fully saturated rings. The van der Waals surface area contributed by atoms with Crippen molar-refractivity contribution in [2.75, 3.05) is 18.4 Å². The summed E-state index contributed by atoms with van der Waals surface area (Å²) in [5, 5.41) is 3.32. The summed E-state index contributed by atoms with van der Waals surface area (Å²) in [6.45, 7) is 3.62. The maximum Gasteiger partial charge on any atom is 0.272 e. The van der Waals surface area contributed by atoms with Gasteiger partial charge in [-0.2, -0.15) is 0 Å². The molecule has 0 spiro atoms. The summed E-state index contributed by atoms with van der Waals surface area (Å²) in [7, 11) is 0. The average Bonchev–Trinajstić information content (AvgIpc) is 2.61. The fourth-order valence-electron chi connectivity index (χ4n) is 2.99. The van der Waals surface area contributed by atoms with E-state index in [4.69, 9.17) is 11.6 Å². The standard InChI is InChI=1S/C19H20ClN3O2/c1-13-4-3-9-23(12-13)19(25)17-10-14(7-8-21-17)18(24)22-16-6-2-5-15(20)11-16/h2,5-8,10-11,13H,3-4,9,12H2,1H3,(H,22,24). The van der Waals surface area contributed by atoms with E-state index in [0.29, 0.717) is 27.9 Å². The number of nitrogens with one attached hydrogen (secondary N) is 1. The fraction of sp³-hybridized carbons (Fsp3) is 0.316. The van der Waals surface area contributed by atoms with Crippen LogP contribution >= 0.6 is 11.6 Å². The summed E-state index contributed by atoms with van der Waals surface area (Å²) in [6.07, 6.45) is 3.63. The molecule has 1 atom stereocenters. The van der Waals surface area contributed by atoms with Crippen molar-refractivity contribution in [3.63, 3.8) is 0 Å². The van der Waals surface area contributed by atoms with Crippen LogP contribution in [0, 0.1) is 5.92 Å². The molecule has 0 saturated carbocycles. The van der Waals surface area contributed by atoms with Gasteiger partial charge in [-0.25, -0.2) is 0 Å². The number of rotatable bonds is 3. The summed E-state index contributed by atoms with van der Waals surface area (Å²) in [5.74, 6) is 0.0710. The van der Waals surface area contributed by atoms with Crippen molar-refractivity contribution in [1.29, 1.82) is 0 Å². The van der Waals surface area contributed by atoms with Crippen molar-refractivity contribution in [3.05, 3.63) is 58.9 Å². The second kappa shape index (κ2) is 7.66. The molecule has 1 aliphatic rings. The first-order valence-corrected chi connectivity index (χ1v) is 8.73. The lowest BCUT2D eigenvalue weighted by atomic mass is 10.00. The number of aromatic nitrogens is 1. The van der Waals surface area contributed by atoms with Gasteiger partial charge in [-0.05, 0) is 49.1 Å². The minimum absolute atomic E-state index is 0.121. The molecule has 1 unspecified atom stereocenters. The van der Waals surface area contributed by atoms with Gasteiger partial charge >= 0.3 is 0 Å². The Morgan fingerprint density at radius 3 is 2.88 bits per heavy atom. The molecule has 0 bridgehead atoms. The Hall–Kier alpha value is -2.40. The van der Waals surface area contributed by atoms with Gasteiger partial charge in [0.05, 0.1) is 0 Å². The number of likely N-dealkylation sites (tertiary alicyclic amines) is 1. The van der Waals surface area contributed by atoms with Crippen LogP contribution in [-0.4, -0.2) is 34.8 Å². The fourth-order valence-corrected chi connectivity index (χ4v) is 3.18. The third kappa shape index (κ3) is 4.37. The molecule has 0 aliphatic carbocycles. The van der Waals surface area contributed by atoms with Crippen molar-refractivity contribution >= 4 is 29.1 Å². The van der Waals surface area contributed by atoms with E-state index in [1.165, 1.54) is 6.20 Å². The van der Waals surface area contributed by atoms with E-state index in [-0.39, 0.29) is 11.8 Å². The number of amides is 2. The number of halogens is 1. The first-order chi connectivity index (χ1) is 12.0. The molecule has 2 aromatic rings. The highest BCUT2D eigenvalue weighted by Crippen LogP contribution is 2.19.